The molecule has 0 atom stereocenters. The highest BCUT2D eigenvalue weighted by atomic mass is 35.5. The highest BCUT2D eigenvalue weighted by molar-refractivity contribution is 6.42. The molecule has 1 aromatic carbocycles. The molecule has 8 heteroatoms. The molecule has 3 rings (SSSR count). The Morgan fingerprint density at radius 3 is 2.39 bits per heavy atom. The Balaban J connectivity index is 2.40. The quantitative estimate of drug-likeness (QED) is 0.689. The maximum absolute atomic E-state index is 7.91. The number of anilines is 2. The van der Waals surface area contributed by atoms with Crippen molar-refractivity contribution in [3.05, 3.63) is 27.7 Å². The molecular weight excluding hydrogens is 275 g/mol. The molecule has 92 valence electrons. The minimum atomic E-state index is 0.0859. The number of rotatable bonds is 0. The monoisotopic (exact) mass is 282 g/mol. The van der Waals surface area contributed by atoms with Gasteiger partial charge >= 0.3 is 0 Å². The van der Waals surface area contributed by atoms with Gasteiger partial charge < -0.3 is 0 Å². The van der Waals surface area contributed by atoms with Crippen molar-refractivity contribution in [3.8, 4) is 0 Å². The van der Waals surface area contributed by atoms with Crippen LogP contribution in [0.2, 0.25) is 10.0 Å². The van der Waals surface area contributed by atoms with E-state index in [2.05, 4.69) is 20.8 Å². The van der Waals surface area contributed by atoms with Crippen molar-refractivity contribution < 1.29 is 0 Å². The second-order valence-electron chi connectivity index (χ2n) is 3.83. The van der Waals surface area contributed by atoms with Crippen molar-refractivity contribution in [2.24, 2.45) is 0 Å². The number of nitrogens with zero attached hydrogens (tertiary/aromatic N) is 3. The van der Waals surface area contributed by atoms with Crippen LogP contribution in [-0.2, 0) is 0 Å². The van der Waals surface area contributed by atoms with Gasteiger partial charge in [-0.15, -0.1) is 5.12 Å². The Labute approximate surface area is 112 Å². The molecule has 1 aliphatic rings. The lowest BCUT2D eigenvalue weighted by molar-refractivity contribution is 0.504. The van der Waals surface area contributed by atoms with Crippen molar-refractivity contribution in [2.45, 2.75) is 0 Å². The van der Waals surface area contributed by atoms with Gasteiger partial charge in [-0.3, -0.25) is 16.3 Å². The molecule has 0 unspecified atom stereocenters. The van der Waals surface area contributed by atoms with Gasteiger partial charge in [-0.05, 0) is 12.1 Å². The van der Waals surface area contributed by atoms with Crippen molar-refractivity contribution >= 4 is 45.7 Å². The topological polar surface area (TPSA) is 76.9 Å². The van der Waals surface area contributed by atoms with Crippen LogP contribution < -0.4 is 16.3 Å². The lowest BCUT2D eigenvalue weighted by atomic mass is 10.3. The molecule has 2 heterocycles. The van der Waals surface area contributed by atoms with Gasteiger partial charge in [0.25, 0.3) is 0 Å². The summed E-state index contributed by atoms with van der Waals surface area (Å²) in [6.07, 6.45) is 0. The van der Waals surface area contributed by atoms with Gasteiger partial charge in [-0.25, -0.2) is 9.97 Å². The summed E-state index contributed by atoms with van der Waals surface area (Å²) in [5, 5.41) is 10.3. The first-order chi connectivity index (χ1) is 8.54. The Morgan fingerprint density at radius 1 is 1.11 bits per heavy atom. The molecule has 0 radical (unpaired) electrons. The molecule has 0 aliphatic carbocycles. The molecule has 0 spiro atoms. The average Bonchev–Trinajstić information content (AvgIpc) is 2.61. The highest BCUT2D eigenvalue weighted by Crippen LogP contribution is 2.27. The molecule has 18 heavy (non-hydrogen) atoms. The molecule has 0 saturated heterocycles. The van der Waals surface area contributed by atoms with Crippen LogP contribution in [0.3, 0.4) is 0 Å². The highest BCUT2D eigenvalue weighted by Gasteiger charge is 2.18. The molecular formula is C10H8Cl2N6. The van der Waals surface area contributed by atoms with E-state index in [1.54, 1.807) is 24.3 Å². The van der Waals surface area contributed by atoms with Gasteiger partial charge in [0.1, 0.15) is 5.69 Å². The van der Waals surface area contributed by atoms with E-state index in [1.165, 1.54) is 0 Å². The summed E-state index contributed by atoms with van der Waals surface area (Å²) in [6.45, 7) is 0. The molecule has 0 fully saturated rings. The van der Waals surface area contributed by atoms with E-state index in [0.717, 1.165) is 0 Å². The minimum absolute atomic E-state index is 0.0859. The second kappa shape index (κ2) is 3.94. The van der Waals surface area contributed by atoms with Crippen molar-refractivity contribution in [1.82, 2.24) is 15.1 Å². The fourth-order valence-corrected chi connectivity index (χ4v) is 2.03. The van der Waals surface area contributed by atoms with Gasteiger partial charge in [0.15, 0.2) is 11.3 Å². The fourth-order valence-electron chi connectivity index (χ4n) is 1.71. The van der Waals surface area contributed by atoms with Crippen LogP contribution in [0, 0.1) is 5.41 Å². The first-order valence-corrected chi connectivity index (χ1v) is 5.83. The number of aromatic nitrogens is 2. The molecule has 6 nitrogen and oxygen atoms in total. The predicted octanol–water partition coefficient (Wildman–Crippen LogP) is 2.02. The summed E-state index contributed by atoms with van der Waals surface area (Å²) in [5.74, 6) is 0.531. The number of benzene rings is 1. The van der Waals surface area contributed by atoms with Crippen molar-refractivity contribution in [1.29, 1.82) is 5.41 Å². The average molecular weight is 283 g/mol. The van der Waals surface area contributed by atoms with Gasteiger partial charge in [0.05, 0.1) is 21.1 Å². The first-order valence-electron chi connectivity index (χ1n) is 5.07. The number of hydrazine groups is 2. The van der Waals surface area contributed by atoms with Crippen LogP contribution in [0.15, 0.2) is 12.1 Å². The van der Waals surface area contributed by atoms with Crippen molar-refractivity contribution in [2.75, 3.05) is 17.9 Å². The van der Waals surface area contributed by atoms with E-state index in [9.17, 15) is 0 Å². The largest absolute Gasteiger partial charge is 0.295 e. The number of hydrogen-bond donors (Lipinski definition) is 3. The van der Waals surface area contributed by atoms with E-state index < -0.39 is 0 Å². The first kappa shape index (κ1) is 11.5. The Kier molecular flexibility index (Phi) is 2.51. The summed E-state index contributed by atoms with van der Waals surface area (Å²) < 4.78 is 0. The standard InChI is InChI=1S/C10H8Cl2N6/c1-18-16-8-9(13)14-6-2-4(11)5(12)3-7(6)15-10(8)17-18/h2-3,13,16-17H,1H3. The zero-order chi connectivity index (χ0) is 12.9. The third kappa shape index (κ3) is 1.74. The maximum Gasteiger partial charge on any atom is 0.174 e. The van der Waals surface area contributed by atoms with E-state index >= 15 is 0 Å². The number of hydrogen-bond acceptors (Lipinski definition) is 6. The summed E-state index contributed by atoms with van der Waals surface area (Å²) in [7, 11) is 1.77. The summed E-state index contributed by atoms with van der Waals surface area (Å²) in [5.41, 5.74) is 7.59. The number of fused-ring (bicyclic) bond motifs is 2. The molecule has 2 aromatic rings. The third-order valence-electron chi connectivity index (χ3n) is 2.51. The van der Waals surface area contributed by atoms with E-state index in [-0.39, 0.29) is 5.49 Å². The summed E-state index contributed by atoms with van der Waals surface area (Å²) >= 11 is 11.9. The molecule has 1 aliphatic heterocycles. The lowest BCUT2D eigenvalue weighted by Gasteiger charge is -2.07. The van der Waals surface area contributed by atoms with Crippen molar-refractivity contribution in [3.63, 3.8) is 0 Å². The molecule has 0 amide bonds. The molecule has 0 bridgehead atoms. The molecule has 0 saturated carbocycles. The van der Waals surface area contributed by atoms with Crippen LogP contribution in [0.4, 0.5) is 11.5 Å². The lowest BCUT2D eigenvalue weighted by Crippen LogP contribution is -2.25. The van der Waals surface area contributed by atoms with Crippen LogP contribution in [0.5, 0.6) is 0 Å². The number of nitrogens with one attached hydrogen (secondary N) is 3. The smallest absolute Gasteiger partial charge is 0.174 e. The zero-order valence-corrected chi connectivity index (χ0v) is 10.8. The SMILES string of the molecule is CN1Nc2nc3cc(Cl)c(Cl)cc3nc(=N)c2N1. The van der Waals surface area contributed by atoms with Crippen LogP contribution in [-0.4, -0.2) is 22.1 Å². The Morgan fingerprint density at radius 2 is 1.72 bits per heavy atom. The normalized spacial score (nSPS) is 14.2. The summed E-state index contributed by atoms with van der Waals surface area (Å²) in [6, 6.07) is 3.23. The third-order valence-corrected chi connectivity index (χ3v) is 3.23. The van der Waals surface area contributed by atoms with Gasteiger partial charge in [-0.1, -0.05) is 23.2 Å². The Bertz CT molecular complexity index is 717. The molecule has 1 aromatic heterocycles. The maximum atomic E-state index is 7.91. The van der Waals surface area contributed by atoms with Crippen LogP contribution >= 0.6 is 23.2 Å². The Hall–Kier alpha value is -1.63. The summed E-state index contributed by atoms with van der Waals surface area (Å²) in [4.78, 5) is 8.57. The van der Waals surface area contributed by atoms with Gasteiger partial charge in [0.2, 0.25) is 0 Å². The minimum Gasteiger partial charge on any atom is -0.295 e. The number of halogens is 2. The van der Waals surface area contributed by atoms with E-state index in [4.69, 9.17) is 28.6 Å². The molecule has 3 N–H and O–H groups in total. The van der Waals surface area contributed by atoms with Crippen LogP contribution in [0.1, 0.15) is 0 Å². The van der Waals surface area contributed by atoms with E-state index in [1.807, 2.05) is 0 Å². The van der Waals surface area contributed by atoms with Gasteiger partial charge in [0, 0.05) is 7.05 Å². The fraction of sp³-hybridized carbons (Fsp3) is 0.100. The predicted molar refractivity (Wildman–Crippen MR) is 70.4 cm³/mol. The van der Waals surface area contributed by atoms with Crippen LogP contribution in [0.25, 0.3) is 11.0 Å². The zero-order valence-electron chi connectivity index (χ0n) is 9.25. The van der Waals surface area contributed by atoms with Gasteiger partial charge in [-0.2, -0.15) is 0 Å². The second-order valence-corrected chi connectivity index (χ2v) is 4.65. The van der Waals surface area contributed by atoms with E-state index in [0.29, 0.717) is 32.6 Å².